The zero-order valence-corrected chi connectivity index (χ0v) is 43.7. The first-order valence-electron chi connectivity index (χ1n) is 23.5. The summed E-state index contributed by atoms with van der Waals surface area (Å²) in [7, 11) is 2.11. The van der Waals surface area contributed by atoms with E-state index in [1.807, 2.05) is 12.3 Å². The maximum atomic E-state index is 6.92. The fourth-order valence-electron chi connectivity index (χ4n) is 11.0. The molecule has 0 atom stereocenters. The van der Waals surface area contributed by atoms with Gasteiger partial charge in [-0.2, -0.15) is 12.1 Å². The van der Waals surface area contributed by atoms with Crippen LogP contribution in [0.15, 0.2) is 109 Å². The van der Waals surface area contributed by atoms with Crippen LogP contribution in [0.5, 0.6) is 11.5 Å². The first-order chi connectivity index (χ1) is 31.1. The van der Waals surface area contributed by atoms with Gasteiger partial charge in [0.25, 0.3) is 0 Å². The molecule has 0 unspecified atom stereocenters. The second kappa shape index (κ2) is 14.9. The van der Waals surface area contributed by atoms with E-state index in [1.54, 1.807) is 0 Å². The Morgan fingerprint density at radius 1 is 0.612 bits per heavy atom. The van der Waals surface area contributed by atoms with Crippen LogP contribution >= 0.6 is 0 Å². The molecule has 1 spiro atoms. The molecule has 342 valence electrons. The van der Waals surface area contributed by atoms with Crippen molar-refractivity contribution < 1.29 is 30.4 Å². The molecule has 0 fully saturated rings. The molecule has 0 bridgehead atoms. The van der Waals surface area contributed by atoms with E-state index in [1.165, 1.54) is 55.6 Å². The Balaban J connectivity index is 0.00000525. The van der Waals surface area contributed by atoms with Crippen LogP contribution in [0.25, 0.3) is 55.5 Å². The minimum atomic E-state index is -0.686. The summed E-state index contributed by atoms with van der Waals surface area (Å²) in [4.78, 5) is 4.85. The topological polar surface area (TPSA) is 35.9 Å². The molecule has 0 saturated heterocycles. The standard InChI is InChI=1S/C61H60N4O.Pt/c1-36-22-27-53(62-34-36)65-49-20-16-15-18-41(49)42-25-23-39(32-51(42)65)66-40-24-26-45-52(33-40)64-35-63(14)50-21-17-19-46(56(50)64)61(45)54-43(28-37(57(2,3)4)30-47(54)59(8,9)10)44-29-38(58(5,6)7)31-48(55(44)61)60(11,12)13;/h15-31,34H,1-14H3;/q-2;. The van der Waals surface area contributed by atoms with Gasteiger partial charge in [-0.3, -0.25) is 0 Å². The predicted octanol–water partition coefficient (Wildman–Crippen LogP) is 14.3. The third kappa shape index (κ3) is 6.65. The number of hydrogen-bond donors (Lipinski definition) is 0. The maximum Gasteiger partial charge on any atom is 0.242 e. The number of nitrogens with zero attached hydrogens (tertiary/aromatic N) is 4. The van der Waals surface area contributed by atoms with Crippen LogP contribution in [0.3, 0.4) is 0 Å². The molecule has 67 heavy (non-hydrogen) atoms. The first kappa shape index (κ1) is 45.0. The van der Waals surface area contributed by atoms with Gasteiger partial charge in [-0.05, 0) is 102 Å². The number of fused-ring (bicyclic) bond motifs is 12. The molecular weight excluding hydrogens is 1000 g/mol. The van der Waals surface area contributed by atoms with Crippen molar-refractivity contribution in [3.05, 3.63) is 178 Å². The van der Waals surface area contributed by atoms with Gasteiger partial charge in [-0.1, -0.05) is 161 Å². The fourth-order valence-corrected chi connectivity index (χ4v) is 11.0. The number of imidazole rings is 1. The summed E-state index contributed by atoms with van der Waals surface area (Å²) >= 11 is 0. The number of aryl methyl sites for hydroxylation is 2. The Morgan fingerprint density at radius 3 is 1.82 bits per heavy atom. The van der Waals surface area contributed by atoms with Crippen molar-refractivity contribution in [1.29, 1.82) is 0 Å². The summed E-state index contributed by atoms with van der Waals surface area (Å²) in [6.07, 6.45) is 5.66. The van der Waals surface area contributed by atoms with Crippen molar-refractivity contribution in [2.24, 2.45) is 7.05 Å². The summed E-state index contributed by atoms with van der Waals surface area (Å²) < 4.78 is 13.5. The number of ether oxygens (including phenoxy) is 1. The Bertz CT molecular complexity index is 3420. The number of rotatable bonds is 3. The third-order valence-electron chi connectivity index (χ3n) is 14.3. The monoisotopic (exact) mass is 1060 g/mol. The van der Waals surface area contributed by atoms with Gasteiger partial charge in [0.05, 0.1) is 18.1 Å². The Kier molecular flexibility index (Phi) is 9.99. The normalized spacial score (nSPS) is 14.1. The molecule has 0 N–H and O–H groups in total. The van der Waals surface area contributed by atoms with Crippen molar-refractivity contribution >= 4 is 32.8 Å². The SMILES string of the molecule is Cc1ccc(-n2c3[c-]c(Oc4[c-]c5c(cc4)C4(c6c(cc(C(C)(C)C)cc6C(C)(C)C)-c6cc(C(C)(C)C)cc(C(C)(C)C)c64)c4cccc6c4n-5[c-][n+]6C)ccc3c3ccccc32)nc1.[Pt]. The Labute approximate surface area is 411 Å². The van der Waals surface area contributed by atoms with Crippen molar-refractivity contribution in [2.75, 3.05) is 0 Å². The van der Waals surface area contributed by atoms with E-state index in [0.29, 0.717) is 11.5 Å². The average molecular weight is 1060 g/mol. The van der Waals surface area contributed by atoms with Crippen molar-refractivity contribution in [3.8, 4) is 34.1 Å². The van der Waals surface area contributed by atoms with Crippen molar-refractivity contribution in [3.63, 3.8) is 0 Å². The van der Waals surface area contributed by atoms with Gasteiger partial charge < -0.3 is 18.4 Å². The molecule has 1 aliphatic heterocycles. The van der Waals surface area contributed by atoms with E-state index in [2.05, 4.69) is 226 Å². The zero-order valence-electron chi connectivity index (χ0n) is 41.4. The molecule has 0 saturated carbocycles. The quantitative estimate of drug-likeness (QED) is 0.131. The Morgan fingerprint density at radius 2 is 1.22 bits per heavy atom. The van der Waals surface area contributed by atoms with E-state index in [4.69, 9.17) is 9.72 Å². The second-order valence-corrected chi connectivity index (χ2v) is 23.1. The number of hydrogen-bond acceptors (Lipinski definition) is 2. The van der Waals surface area contributed by atoms with Crippen molar-refractivity contribution in [1.82, 2.24) is 14.1 Å². The third-order valence-corrected chi connectivity index (χ3v) is 14.3. The van der Waals surface area contributed by atoms with Gasteiger partial charge >= 0.3 is 0 Å². The zero-order chi connectivity index (χ0) is 46.6. The summed E-state index contributed by atoms with van der Waals surface area (Å²) in [5.41, 5.74) is 18.4. The van der Waals surface area contributed by atoms with Crippen LogP contribution in [0.2, 0.25) is 0 Å². The van der Waals surface area contributed by atoms with E-state index >= 15 is 0 Å². The fraction of sp³-hybridized carbons (Fsp3) is 0.311. The molecule has 3 aromatic heterocycles. The molecule has 0 radical (unpaired) electrons. The van der Waals surface area contributed by atoms with Crippen LogP contribution in [-0.2, 0) is 55.2 Å². The predicted molar refractivity (Wildman–Crippen MR) is 270 cm³/mol. The van der Waals surface area contributed by atoms with Gasteiger partial charge in [-0.15, -0.1) is 35.2 Å². The molecule has 11 rings (SSSR count). The van der Waals surface area contributed by atoms with E-state index in [-0.39, 0.29) is 42.7 Å². The second-order valence-electron chi connectivity index (χ2n) is 23.1. The summed E-state index contributed by atoms with van der Waals surface area (Å²) in [6, 6.07) is 45.9. The van der Waals surface area contributed by atoms with E-state index < -0.39 is 5.41 Å². The molecule has 6 heteroatoms. The average Bonchev–Trinajstić information content (AvgIpc) is 3.87. The van der Waals surface area contributed by atoms with Crippen LogP contribution in [0, 0.1) is 25.4 Å². The molecule has 1 aliphatic carbocycles. The van der Waals surface area contributed by atoms with Gasteiger partial charge in [-0.25, -0.2) is 4.98 Å². The minimum Gasteiger partial charge on any atom is -0.510 e. The molecule has 0 amide bonds. The van der Waals surface area contributed by atoms with Gasteiger partial charge in [0.1, 0.15) is 5.82 Å². The van der Waals surface area contributed by atoms with Gasteiger partial charge in [0.15, 0.2) is 0 Å². The molecule has 6 aromatic carbocycles. The summed E-state index contributed by atoms with van der Waals surface area (Å²) in [5.74, 6) is 2.07. The smallest absolute Gasteiger partial charge is 0.242 e. The number of pyridine rings is 1. The Hall–Kier alpha value is -5.77. The van der Waals surface area contributed by atoms with Crippen molar-refractivity contribution in [2.45, 2.75) is 117 Å². The molecule has 5 nitrogen and oxygen atoms in total. The number of benzene rings is 6. The van der Waals surface area contributed by atoms with E-state index in [9.17, 15) is 0 Å². The largest absolute Gasteiger partial charge is 0.510 e. The van der Waals surface area contributed by atoms with Gasteiger partial charge in [0, 0.05) is 49.7 Å². The summed E-state index contributed by atoms with van der Waals surface area (Å²) in [6.45, 7) is 30.5. The number of aromatic nitrogens is 4. The first-order valence-corrected chi connectivity index (χ1v) is 23.5. The van der Waals surface area contributed by atoms with Crippen LogP contribution in [0.1, 0.15) is 133 Å². The molecule has 4 heterocycles. The molecule has 2 aliphatic rings. The minimum absolute atomic E-state index is 0. The van der Waals surface area contributed by atoms with Crippen LogP contribution < -0.4 is 9.30 Å². The maximum absolute atomic E-state index is 6.92. The van der Waals surface area contributed by atoms with Crippen LogP contribution in [0.4, 0.5) is 0 Å². The van der Waals surface area contributed by atoms with Gasteiger partial charge in [0.2, 0.25) is 6.33 Å². The summed E-state index contributed by atoms with van der Waals surface area (Å²) in [5, 5.41) is 2.24. The van der Waals surface area contributed by atoms with Crippen LogP contribution in [-0.4, -0.2) is 14.1 Å². The molecular formula is C61H60N4OPt-2. The number of para-hydroxylation sites is 2. The molecule has 9 aromatic rings. The van der Waals surface area contributed by atoms with E-state index in [0.717, 1.165) is 49.9 Å².